The van der Waals surface area contributed by atoms with Crippen molar-refractivity contribution in [1.82, 2.24) is 14.8 Å². The van der Waals surface area contributed by atoms with Crippen molar-refractivity contribution in [3.63, 3.8) is 0 Å². The van der Waals surface area contributed by atoms with Crippen molar-refractivity contribution in [3.8, 4) is 11.4 Å². The van der Waals surface area contributed by atoms with Crippen molar-refractivity contribution in [3.05, 3.63) is 34.0 Å². The third-order valence-corrected chi connectivity index (χ3v) is 2.77. The van der Waals surface area contributed by atoms with Gasteiger partial charge < -0.3 is 4.57 Å². The van der Waals surface area contributed by atoms with Crippen LogP contribution in [0.25, 0.3) is 11.4 Å². The fraction of sp³-hybridized carbons (Fsp3) is 0.111. The van der Waals surface area contributed by atoms with E-state index in [0.717, 1.165) is 15.9 Å². The summed E-state index contributed by atoms with van der Waals surface area (Å²) in [5, 5.41) is 8.53. The minimum absolute atomic E-state index is 0.697. The van der Waals surface area contributed by atoms with Crippen molar-refractivity contribution < 1.29 is 0 Å². The Morgan fingerprint density at radius 1 is 1.43 bits per heavy atom. The first-order valence-corrected chi connectivity index (χ1v) is 5.15. The molecule has 0 unspecified atom stereocenters. The number of benzene rings is 1. The molecule has 0 saturated carbocycles. The van der Waals surface area contributed by atoms with Gasteiger partial charge in [-0.05, 0) is 34.1 Å². The molecule has 2 aromatic rings. The molecular formula is C9H7BrClN3. The zero-order chi connectivity index (χ0) is 10.1. The Bertz CT molecular complexity index is 467. The highest BCUT2D eigenvalue weighted by Crippen LogP contribution is 2.28. The zero-order valence-corrected chi connectivity index (χ0v) is 9.75. The van der Waals surface area contributed by atoms with E-state index in [9.17, 15) is 0 Å². The van der Waals surface area contributed by atoms with E-state index in [4.69, 9.17) is 11.6 Å². The molecule has 0 spiro atoms. The molecule has 0 amide bonds. The van der Waals surface area contributed by atoms with Crippen LogP contribution in [0.4, 0.5) is 0 Å². The van der Waals surface area contributed by atoms with E-state index in [-0.39, 0.29) is 0 Å². The number of aromatic nitrogens is 3. The Kier molecular flexibility index (Phi) is 2.56. The summed E-state index contributed by atoms with van der Waals surface area (Å²) in [6.45, 7) is 0. The number of halogens is 2. The second kappa shape index (κ2) is 3.71. The van der Waals surface area contributed by atoms with Gasteiger partial charge >= 0.3 is 0 Å². The molecule has 0 aliphatic heterocycles. The van der Waals surface area contributed by atoms with Gasteiger partial charge in [0.25, 0.3) is 0 Å². The number of hydrogen-bond acceptors (Lipinski definition) is 2. The van der Waals surface area contributed by atoms with Gasteiger partial charge in [-0.15, -0.1) is 10.2 Å². The van der Waals surface area contributed by atoms with Crippen LogP contribution < -0.4 is 0 Å². The molecule has 2 rings (SSSR count). The molecule has 14 heavy (non-hydrogen) atoms. The first kappa shape index (κ1) is 9.68. The third kappa shape index (κ3) is 1.67. The van der Waals surface area contributed by atoms with Gasteiger partial charge in [0.15, 0.2) is 5.82 Å². The van der Waals surface area contributed by atoms with E-state index in [1.54, 1.807) is 6.33 Å². The van der Waals surface area contributed by atoms with Gasteiger partial charge in [0.05, 0.1) is 0 Å². The average Bonchev–Trinajstić information content (AvgIpc) is 2.52. The van der Waals surface area contributed by atoms with Gasteiger partial charge in [-0.25, -0.2) is 0 Å². The first-order chi connectivity index (χ1) is 6.68. The maximum absolute atomic E-state index is 5.85. The molecule has 0 saturated heterocycles. The van der Waals surface area contributed by atoms with Crippen molar-refractivity contribution in [2.45, 2.75) is 0 Å². The molecule has 0 aliphatic carbocycles. The topological polar surface area (TPSA) is 30.7 Å². The van der Waals surface area contributed by atoms with Crippen LogP contribution in [0.15, 0.2) is 29.0 Å². The van der Waals surface area contributed by atoms with Gasteiger partial charge in [-0.2, -0.15) is 0 Å². The van der Waals surface area contributed by atoms with E-state index in [2.05, 4.69) is 26.1 Å². The Balaban J connectivity index is 2.58. The third-order valence-electron chi connectivity index (χ3n) is 1.88. The monoisotopic (exact) mass is 271 g/mol. The number of rotatable bonds is 1. The Morgan fingerprint density at radius 2 is 2.21 bits per heavy atom. The summed E-state index contributed by atoms with van der Waals surface area (Å²) in [6, 6.07) is 5.58. The zero-order valence-electron chi connectivity index (χ0n) is 7.41. The van der Waals surface area contributed by atoms with Gasteiger partial charge in [-0.1, -0.05) is 11.6 Å². The number of hydrogen-bond donors (Lipinski definition) is 0. The molecule has 0 radical (unpaired) electrons. The summed E-state index contributed by atoms with van der Waals surface area (Å²) in [5.41, 5.74) is 0.981. The number of aryl methyl sites for hydroxylation is 1. The molecule has 72 valence electrons. The number of nitrogens with zero attached hydrogens (tertiary/aromatic N) is 3. The highest BCUT2D eigenvalue weighted by molar-refractivity contribution is 9.10. The van der Waals surface area contributed by atoms with E-state index in [1.165, 1.54) is 0 Å². The van der Waals surface area contributed by atoms with Gasteiger partial charge in [0, 0.05) is 22.1 Å². The lowest BCUT2D eigenvalue weighted by atomic mass is 10.2. The van der Waals surface area contributed by atoms with Crippen molar-refractivity contribution in [2.24, 2.45) is 7.05 Å². The average molecular weight is 273 g/mol. The standard InChI is InChI=1S/C9H7BrClN3/c1-14-5-12-13-9(14)7-3-2-6(11)4-8(7)10/h2-5H,1H3. The summed E-state index contributed by atoms with van der Waals surface area (Å²) in [7, 11) is 1.90. The highest BCUT2D eigenvalue weighted by Gasteiger charge is 2.08. The summed E-state index contributed by atoms with van der Waals surface area (Å²) in [5.74, 6) is 0.813. The molecule has 1 aromatic heterocycles. The Labute approximate surface area is 94.9 Å². The largest absolute Gasteiger partial charge is 0.317 e. The molecular weight excluding hydrogens is 265 g/mol. The minimum Gasteiger partial charge on any atom is -0.317 e. The van der Waals surface area contributed by atoms with Gasteiger partial charge in [0.1, 0.15) is 6.33 Å². The second-order valence-electron chi connectivity index (χ2n) is 2.89. The smallest absolute Gasteiger partial charge is 0.164 e. The van der Waals surface area contributed by atoms with Crippen molar-refractivity contribution in [1.29, 1.82) is 0 Å². The van der Waals surface area contributed by atoms with Crippen LogP contribution in [0.5, 0.6) is 0 Å². The lowest BCUT2D eigenvalue weighted by molar-refractivity contribution is 0.919. The van der Waals surface area contributed by atoms with Crippen LogP contribution in [0.2, 0.25) is 5.02 Å². The van der Waals surface area contributed by atoms with Gasteiger partial charge in [-0.3, -0.25) is 0 Å². The summed E-state index contributed by atoms with van der Waals surface area (Å²) >= 11 is 9.28. The normalized spacial score (nSPS) is 10.5. The summed E-state index contributed by atoms with van der Waals surface area (Å²) in [4.78, 5) is 0. The Morgan fingerprint density at radius 3 is 2.79 bits per heavy atom. The molecule has 0 fully saturated rings. The summed E-state index contributed by atoms with van der Waals surface area (Å²) < 4.78 is 2.77. The molecule has 0 aliphatic rings. The van der Waals surface area contributed by atoms with Crippen LogP contribution in [0.3, 0.4) is 0 Å². The van der Waals surface area contributed by atoms with Crippen LogP contribution in [0.1, 0.15) is 0 Å². The van der Waals surface area contributed by atoms with Crippen molar-refractivity contribution in [2.75, 3.05) is 0 Å². The van der Waals surface area contributed by atoms with Crippen LogP contribution in [-0.4, -0.2) is 14.8 Å². The molecule has 0 bridgehead atoms. The fourth-order valence-corrected chi connectivity index (χ4v) is 2.06. The molecule has 1 heterocycles. The maximum atomic E-state index is 5.85. The lowest BCUT2D eigenvalue weighted by Crippen LogP contribution is -1.91. The fourth-order valence-electron chi connectivity index (χ4n) is 1.20. The predicted octanol–water partition coefficient (Wildman–Crippen LogP) is 2.90. The van der Waals surface area contributed by atoms with E-state index in [1.807, 2.05) is 29.8 Å². The van der Waals surface area contributed by atoms with Gasteiger partial charge in [0.2, 0.25) is 0 Å². The first-order valence-electron chi connectivity index (χ1n) is 3.98. The predicted molar refractivity (Wildman–Crippen MR) is 59.1 cm³/mol. The van der Waals surface area contributed by atoms with Crippen LogP contribution in [0, 0.1) is 0 Å². The van der Waals surface area contributed by atoms with Crippen molar-refractivity contribution >= 4 is 27.5 Å². The van der Waals surface area contributed by atoms with E-state index in [0.29, 0.717) is 5.02 Å². The van der Waals surface area contributed by atoms with E-state index >= 15 is 0 Å². The second-order valence-corrected chi connectivity index (χ2v) is 4.18. The van der Waals surface area contributed by atoms with Crippen LogP contribution in [-0.2, 0) is 7.05 Å². The molecule has 5 heteroatoms. The molecule has 1 aromatic carbocycles. The maximum Gasteiger partial charge on any atom is 0.164 e. The highest BCUT2D eigenvalue weighted by atomic mass is 79.9. The Hall–Kier alpha value is -0.870. The molecule has 0 N–H and O–H groups in total. The SMILES string of the molecule is Cn1cnnc1-c1ccc(Cl)cc1Br. The summed E-state index contributed by atoms with van der Waals surface area (Å²) in [6.07, 6.45) is 1.66. The molecule has 3 nitrogen and oxygen atoms in total. The minimum atomic E-state index is 0.697. The quantitative estimate of drug-likeness (QED) is 0.799. The van der Waals surface area contributed by atoms with E-state index < -0.39 is 0 Å². The lowest BCUT2D eigenvalue weighted by Gasteiger charge is -2.03. The van der Waals surface area contributed by atoms with Crippen LogP contribution >= 0.6 is 27.5 Å². The molecule has 0 atom stereocenters.